The van der Waals surface area contributed by atoms with Gasteiger partial charge in [0.05, 0.1) is 0 Å². The van der Waals surface area contributed by atoms with E-state index < -0.39 is 6.29 Å². The fraction of sp³-hybridized carbons (Fsp3) is 0.923. The van der Waals surface area contributed by atoms with E-state index in [1.807, 2.05) is 0 Å². The lowest BCUT2D eigenvalue weighted by Gasteiger charge is -2.18. The summed E-state index contributed by atoms with van der Waals surface area (Å²) >= 11 is 0. The topological polar surface area (TPSA) is 52.6 Å². The number of ether oxygens (including phenoxy) is 2. The van der Waals surface area contributed by atoms with Crippen LogP contribution in [-0.4, -0.2) is 18.2 Å². The Bertz CT molecular complexity index is 383. The molecule has 0 N–H and O–H groups in total. The highest BCUT2D eigenvalue weighted by Gasteiger charge is 2.18. The summed E-state index contributed by atoms with van der Waals surface area (Å²) in [4.78, 5) is 24.4. The molecule has 30 heavy (non-hydrogen) atoms. The Hall–Kier alpha value is -1.06. The first-order valence-corrected chi connectivity index (χ1v) is 12.7. The minimum atomic E-state index is -0.710. The van der Waals surface area contributed by atoms with Gasteiger partial charge in [-0.25, -0.2) is 0 Å². The average molecular weight is 427 g/mol. The molecule has 0 aliphatic heterocycles. The van der Waals surface area contributed by atoms with E-state index in [-0.39, 0.29) is 11.9 Å². The SMILES string of the molecule is CCCCCC(OC(=O)CCCCCCC(C)C)OC(=O)CCCCCCC(C)C. The molecule has 4 heteroatoms. The van der Waals surface area contributed by atoms with E-state index in [2.05, 4.69) is 34.6 Å². The second-order valence-corrected chi connectivity index (χ2v) is 9.60. The number of rotatable bonds is 20. The molecule has 178 valence electrons. The van der Waals surface area contributed by atoms with Gasteiger partial charge in [0, 0.05) is 19.3 Å². The molecular weight excluding hydrogens is 376 g/mol. The Kier molecular flexibility index (Phi) is 19.2. The standard InChI is InChI=1S/C26H50O4/c1-6-7-12-21-26(29-24(27)19-15-10-8-13-17-22(2)3)30-25(28)20-16-11-9-14-18-23(4)5/h22-23,26H,6-21H2,1-5H3. The van der Waals surface area contributed by atoms with Crippen molar-refractivity contribution in [3.05, 3.63) is 0 Å². The second-order valence-electron chi connectivity index (χ2n) is 9.60. The largest absolute Gasteiger partial charge is 0.425 e. The van der Waals surface area contributed by atoms with Crippen LogP contribution in [0.2, 0.25) is 0 Å². The maximum atomic E-state index is 12.2. The van der Waals surface area contributed by atoms with Crippen molar-refractivity contribution in [3.63, 3.8) is 0 Å². The summed E-state index contributed by atoms with van der Waals surface area (Å²) in [6.07, 6.45) is 14.9. The Morgan fingerprint density at radius 3 is 1.37 bits per heavy atom. The first kappa shape index (κ1) is 28.9. The monoisotopic (exact) mass is 426 g/mol. The molecule has 0 atom stereocenters. The van der Waals surface area contributed by atoms with Crippen molar-refractivity contribution in [3.8, 4) is 0 Å². The zero-order valence-electron chi connectivity index (χ0n) is 20.7. The summed E-state index contributed by atoms with van der Waals surface area (Å²) in [6, 6.07) is 0. The maximum Gasteiger partial charge on any atom is 0.308 e. The van der Waals surface area contributed by atoms with E-state index in [1.54, 1.807) is 0 Å². The first-order chi connectivity index (χ1) is 14.3. The zero-order valence-corrected chi connectivity index (χ0v) is 20.7. The lowest BCUT2D eigenvalue weighted by molar-refractivity contribution is -0.189. The highest BCUT2D eigenvalue weighted by atomic mass is 16.7. The Balaban J connectivity index is 4.09. The summed E-state index contributed by atoms with van der Waals surface area (Å²) in [5.74, 6) is 1.02. The molecule has 0 heterocycles. The summed E-state index contributed by atoms with van der Waals surface area (Å²) in [7, 11) is 0. The fourth-order valence-corrected chi connectivity index (χ4v) is 3.46. The number of carbonyl (C=O) groups excluding carboxylic acids is 2. The van der Waals surface area contributed by atoms with Crippen molar-refractivity contribution in [2.24, 2.45) is 11.8 Å². The van der Waals surface area contributed by atoms with Crippen molar-refractivity contribution in [2.45, 2.75) is 144 Å². The lowest BCUT2D eigenvalue weighted by atomic mass is 10.0. The predicted octanol–water partition coefficient (Wildman–Crippen LogP) is 7.97. The van der Waals surface area contributed by atoms with Crippen LogP contribution in [0.25, 0.3) is 0 Å². The van der Waals surface area contributed by atoms with Crippen LogP contribution in [0.3, 0.4) is 0 Å². The van der Waals surface area contributed by atoms with E-state index in [0.29, 0.717) is 19.3 Å². The van der Waals surface area contributed by atoms with Gasteiger partial charge in [0.25, 0.3) is 0 Å². The third-order valence-electron chi connectivity index (χ3n) is 5.39. The van der Waals surface area contributed by atoms with Crippen molar-refractivity contribution in [1.29, 1.82) is 0 Å². The number of carbonyl (C=O) groups is 2. The van der Waals surface area contributed by atoms with E-state index >= 15 is 0 Å². The predicted molar refractivity (Wildman–Crippen MR) is 125 cm³/mol. The van der Waals surface area contributed by atoms with Crippen LogP contribution in [0.5, 0.6) is 0 Å². The van der Waals surface area contributed by atoms with Crippen LogP contribution in [0.15, 0.2) is 0 Å². The quantitative estimate of drug-likeness (QED) is 0.112. The van der Waals surface area contributed by atoms with Gasteiger partial charge in [0.2, 0.25) is 6.29 Å². The molecule has 0 bridgehead atoms. The number of hydrogen-bond acceptors (Lipinski definition) is 4. The van der Waals surface area contributed by atoms with Crippen molar-refractivity contribution >= 4 is 11.9 Å². The van der Waals surface area contributed by atoms with Gasteiger partial charge in [0.1, 0.15) is 0 Å². The fourth-order valence-electron chi connectivity index (χ4n) is 3.46. The molecule has 0 aromatic rings. The third kappa shape index (κ3) is 20.2. The summed E-state index contributed by atoms with van der Waals surface area (Å²) in [6.45, 7) is 11.1. The average Bonchev–Trinajstić information content (AvgIpc) is 2.67. The third-order valence-corrected chi connectivity index (χ3v) is 5.39. The minimum absolute atomic E-state index is 0.234. The van der Waals surface area contributed by atoms with Gasteiger partial charge < -0.3 is 9.47 Å². The molecule has 0 aliphatic rings. The molecule has 4 nitrogen and oxygen atoms in total. The second kappa shape index (κ2) is 19.9. The van der Waals surface area contributed by atoms with Crippen LogP contribution in [-0.2, 0) is 19.1 Å². The minimum Gasteiger partial charge on any atom is -0.425 e. The van der Waals surface area contributed by atoms with E-state index in [1.165, 1.54) is 25.7 Å². The van der Waals surface area contributed by atoms with Gasteiger partial charge in [0.15, 0.2) is 0 Å². The molecule has 0 saturated carbocycles. The molecule has 0 amide bonds. The van der Waals surface area contributed by atoms with Gasteiger partial charge in [-0.1, -0.05) is 98.8 Å². The van der Waals surface area contributed by atoms with E-state index in [4.69, 9.17) is 9.47 Å². The molecule has 0 fully saturated rings. The van der Waals surface area contributed by atoms with Gasteiger partial charge in [-0.3, -0.25) is 9.59 Å². The number of unbranched alkanes of at least 4 members (excludes halogenated alkanes) is 8. The van der Waals surface area contributed by atoms with Gasteiger partial charge in [-0.2, -0.15) is 0 Å². The van der Waals surface area contributed by atoms with Crippen LogP contribution in [0.1, 0.15) is 137 Å². The molecule has 0 saturated heterocycles. The molecule has 0 aromatic carbocycles. The van der Waals surface area contributed by atoms with Crippen molar-refractivity contribution in [2.75, 3.05) is 0 Å². The van der Waals surface area contributed by atoms with Gasteiger partial charge >= 0.3 is 11.9 Å². The molecule has 0 spiro atoms. The molecule has 0 aromatic heterocycles. The smallest absolute Gasteiger partial charge is 0.308 e. The van der Waals surface area contributed by atoms with Crippen LogP contribution in [0, 0.1) is 11.8 Å². The maximum absolute atomic E-state index is 12.2. The molecule has 0 aliphatic carbocycles. The zero-order chi connectivity index (χ0) is 22.6. The van der Waals surface area contributed by atoms with Crippen LogP contribution in [0.4, 0.5) is 0 Å². The van der Waals surface area contributed by atoms with Crippen molar-refractivity contribution < 1.29 is 19.1 Å². The first-order valence-electron chi connectivity index (χ1n) is 12.7. The number of hydrogen-bond donors (Lipinski definition) is 0. The summed E-state index contributed by atoms with van der Waals surface area (Å²) in [5.41, 5.74) is 0. The Morgan fingerprint density at radius 2 is 0.967 bits per heavy atom. The van der Waals surface area contributed by atoms with E-state index in [9.17, 15) is 9.59 Å². The highest BCUT2D eigenvalue weighted by Crippen LogP contribution is 2.15. The Morgan fingerprint density at radius 1 is 0.567 bits per heavy atom. The molecule has 0 rings (SSSR count). The molecule has 0 unspecified atom stereocenters. The molecular formula is C26H50O4. The number of esters is 2. The van der Waals surface area contributed by atoms with Gasteiger partial charge in [-0.05, 0) is 31.1 Å². The lowest BCUT2D eigenvalue weighted by Crippen LogP contribution is -2.24. The highest BCUT2D eigenvalue weighted by molar-refractivity contribution is 5.71. The summed E-state index contributed by atoms with van der Waals surface area (Å²) < 4.78 is 11.0. The van der Waals surface area contributed by atoms with E-state index in [0.717, 1.165) is 69.6 Å². The van der Waals surface area contributed by atoms with Crippen molar-refractivity contribution in [1.82, 2.24) is 0 Å². The Labute approximate surface area is 186 Å². The normalized spacial score (nSPS) is 11.5. The van der Waals surface area contributed by atoms with Crippen LogP contribution >= 0.6 is 0 Å². The van der Waals surface area contributed by atoms with Crippen LogP contribution < -0.4 is 0 Å². The van der Waals surface area contributed by atoms with Gasteiger partial charge in [-0.15, -0.1) is 0 Å². The summed E-state index contributed by atoms with van der Waals surface area (Å²) in [5, 5.41) is 0. The molecule has 0 radical (unpaired) electrons.